The van der Waals surface area contributed by atoms with Gasteiger partial charge in [-0.05, 0) is 203 Å². The molecule has 0 bridgehead atoms. The van der Waals surface area contributed by atoms with E-state index in [4.69, 9.17) is 25.2 Å². The summed E-state index contributed by atoms with van der Waals surface area (Å²) in [4.78, 5) is 103. The quantitative estimate of drug-likeness (QED) is 0.0225. The maximum atomic E-state index is 13.4. The number of aromatic nitrogens is 3. The number of fused-ring (bicyclic) bond motifs is 2. The molecule has 6 atom stereocenters. The zero-order chi connectivity index (χ0) is 87.8. The summed E-state index contributed by atoms with van der Waals surface area (Å²) < 4.78 is 75.5. The number of anilines is 3. The lowest BCUT2D eigenvalue weighted by Crippen LogP contribution is -2.52. The third-order valence-electron chi connectivity index (χ3n) is 22.6. The summed E-state index contributed by atoms with van der Waals surface area (Å²) in [7, 11) is -1.75. The number of aldehydes is 1. The molecule has 120 heavy (non-hydrogen) atoms. The summed E-state index contributed by atoms with van der Waals surface area (Å²) in [5.41, 5.74) is 23.9. The standard InChI is InChI=1S/C21H30BNO5.C20H27NO4.C19H23FN2O2S.C18H21FN2.C16H17FN2O.CH4/c1-13(2)19(24)18(21(26)28-5)17(15-10-8-14(3)9-11-15)16-7-6-12-23(20(16)25)22(4)27;1-12(2)18(22)17(20(24)25-4)16(14-9-7-13(3)8-10-14)15-6-5-11-21-19(15)23;1-12(2)18-13(3)17(14-7-9-15(20)10-8-14)16-6-5-11-22(19(16)21-18)25(4,23)24;1-11(2)17-12(3)16(13-6-8-14(19)9-7-13)15-5-4-10-20-18(15)21-17;1-9(2)15-10(3)14(13(8-20)16(18)19-15)11-4-6-12(17)7-5-11;/h8-11,13,16-18,27H,6-7,12H2,1-5H3;7-10,12,15-17H,5-6,11H2,1-4H3,(H,21,23);7-10,12H,5-6,11H2,1-4H3;6-9,11H,4-5,10H2,1-3H3,(H,20,21);4-9H,1-3H3,(H2,18,19);1H4. The fourth-order valence-corrected chi connectivity index (χ4v) is 17.6. The number of nitrogens with one attached hydrogen (secondary N) is 2. The second-order valence-electron chi connectivity index (χ2n) is 32.9. The summed E-state index contributed by atoms with van der Waals surface area (Å²) in [6.07, 6.45) is 8.33. The third-order valence-corrected chi connectivity index (χ3v) is 23.8. The highest BCUT2D eigenvalue weighted by atomic mass is 32.2. The monoisotopic (exact) mass is 1670 g/mol. The second-order valence-corrected chi connectivity index (χ2v) is 34.8. The molecule has 2 amide bonds. The minimum atomic E-state index is -3.39. The van der Waals surface area contributed by atoms with E-state index < -0.39 is 64.5 Å². The van der Waals surface area contributed by atoms with Crippen LogP contribution in [0.15, 0.2) is 121 Å². The molecule has 0 radical (unpaired) electrons. The van der Waals surface area contributed by atoms with Crippen molar-refractivity contribution in [3.8, 4) is 33.4 Å². The van der Waals surface area contributed by atoms with Gasteiger partial charge in [-0.25, -0.2) is 36.5 Å². The average Bonchev–Trinajstić information content (AvgIpc) is 0.738. The first-order valence-corrected chi connectivity index (χ1v) is 43.1. The van der Waals surface area contributed by atoms with Crippen LogP contribution in [0.4, 0.5) is 30.6 Å². The predicted octanol–water partition coefficient (Wildman–Crippen LogP) is 18.1. The molecule has 5 aromatic carbocycles. The number of aryl methyl sites for hydroxylation is 2. The molecule has 2 fully saturated rings. The number of nitrogen functional groups attached to an aromatic ring is 1. The Hall–Kier alpha value is -10.4. The Bertz CT molecular complexity index is 5030. The molecule has 20 nitrogen and oxygen atoms in total. The van der Waals surface area contributed by atoms with Crippen molar-refractivity contribution in [3.05, 3.63) is 211 Å². The van der Waals surface area contributed by atoms with E-state index in [0.717, 1.165) is 128 Å². The van der Waals surface area contributed by atoms with Crippen molar-refractivity contribution in [2.75, 3.05) is 62.0 Å². The molecule has 7 heterocycles. The topological polar surface area (TPSA) is 288 Å². The summed E-state index contributed by atoms with van der Waals surface area (Å²) >= 11 is 0. The molecular weight excluding hydrogens is 1540 g/mol. The van der Waals surface area contributed by atoms with Crippen LogP contribution < -0.4 is 20.7 Å². The lowest BCUT2D eigenvalue weighted by molar-refractivity contribution is -0.154. The van der Waals surface area contributed by atoms with Gasteiger partial charge >= 0.3 is 19.0 Å². The maximum absolute atomic E-state index is 13.4. The van der Waals surface area contributed by atoms with Gasteiger partial charge in [-0.3, -0.25) is 37.9 Å². The molecule has 8 aromatic rings. The summed E-state index contributed by atoms with van der Waals surface area (Å²) in [6.45, 7) is 33.6. The molecule has 4 aliphatic heterocycles. The first-order valence-electron chi connectivity index (χ1n) is 41.2. The van der Waals surface area contributed by atoms with E-state index in [2.05, 4.69) is 36.4 Å². The Labute approximate surface area is 708 Å². The summed E-state index contributed by atoms with van der Waals surface area (Å²) in [5, 5.41) is 16.3. The van der Waals surface area contributed by atoms with Gasteiger partial charge in [-0.15, -0.1) is 0 Å². The fraction of sp³-hybridized carbons (Fsp3) is 0.453. The smallest absolute Gasteiger partial charge is 0.411 e. The number of sulfonamides is 1. The zero-order valence-corrected chi connectivity index (χ0v) is 73.1. The lowest BCUT2D eigenvalue weighted by atomic mass is 9.68. The van der Waals surface area contributed by atoms with Gasteiger partial charge in [0.25, 0.3) is 0 Å². The first-order chi connectivity index (χ1) is 56.3. The molecule has 6 unspecified atom stereocenters. The second kappa shape index (κ2) is 43.2. The van der Waals surface area contributed by atoms with E-state index >= 15 is 0 Å². The van der Waals surface area contributed by atoms with Gasteiger partial charge < -0.3 is 35.7 Å². The van der Waals surface area contributed by atoms with Gasteiger partial charge in [-0.2, -0.15) is 0 Å². The average molecular weight is 1670 g/mol. The van der Waals surface area contributed by atoms with Crippen molar-refractivity contribution < 1.29 is 69.6 Å². The molecule has 25 heteroatoms. The first kappa shape index (κ1) is 96.7. The Kier molecular flexibility index (Phi) is 34.8. The van der Waals surface area contributed by atoms with Crippen LogP contribution in [-0.4, -0.2) is 129 Å². The molecular formula is C95H122BF3N8O12S. The molecule has 12 rings (SSSR count). The number of hydrogen-bond acceptors (Lipinski definition) is 17. The van der Waals surface area contributed by atoms with Crippen LogP contribution in [0.3, 0.4) is 0 Å². The third kappa shape index (κ3) is 23.2. The largest absolute Gasteiger partial charge is 0.468 e. The van der Waals surface area contributed by atoms with Gasteiger partial charge in [0.15, 0.2) is 6.29 Å². The van der Waals surface area contributed by atoms with Crippen molar-refractivity contribution in [2.45, 2.75) is 199 Å². The number of pyridine rings is 3. The van der Waals surface area contributed by atoms with Gasteiger partial charge in [-0.1, -0.05) is 173 Å². The minimum Gasteiger partial charge on any atom is -0.468 e. The van der Waals surface area contributed by atoms with Crippen molar-refractivity contribution in [1.82, 2.24) is 25.1 Å². The van der Waals surface area contributed by atoms with Crippen LogP contribution in [0.25, 0.3) is 33.4 Å². The van der Waals surface area contributed by atoms with Crippen LogP contribution in [0, 0.1) is 87.6 Å². The molecule has 644 valence electrons. The van der Waals surface area contributed by atoms with E-state index in [0.29, 0.717) is 62.5 Å². The van der Waals surface area contributed by atoms with Gasteiger partial charge in [0, 0.05) is 95.5 Å². The Balaban J connectivity index is 0.000000207. The molecule has 0 spiro atoms. The summed E-state index contributed by atoms with van der Waals surface area (Å²) in [5.74, 6) is -5.08. The van der Waals surface area contributed by atoms with Gasteiger partial charge in [0.1, 0.15) is 58.3 Å². The zero-order valence-electron chi connectivity index (χ0n) is 72.3. The molecule has 5 N–H and O–H groups in total. The molecule has 4 aliphatic rings. The van der Waals surface area contributed by atoms with Crippen molar-refractivity contribution in [1.29, 1.82) is 0 Å². The number of carbonyl (C=O) groups is 7. The highest BCUT2D eigenvalue weighted by molar-refractivity contribution is 7.92. The van der Waals surface area contributed by atoms with Crippen molar-refractivity contribution in [3.63, 3.8) is 0 Å². The number of ketones is 2. The van der Waals surface area contributed by atoms with Crippen LogP contribution in [-0.2, 0) is 61.1 Å². The number of esters is 2. The Morgan fingerprint density at radius 2 is 0.950 bits per heavy atom. The van der Waals surface area contributed by atoms with E-state index in [9.17, 15) is 60.2 Å². The Morgan fingerprint density at radius 1 is 0.550 bits per heavy atom. The van der Waals surface area contributed by atoms with Crippen molar-refractivity contribution >= 4 is 76.1 Å². The number of carbonyl (C=O) groups excluding carboxylic acids is 7. The number of Topliss-reactive ketones (excluding diaryl/α,β-unsaturated/α-hetero) is 2. The minimum absolute atomic E-state index is 0. The van der Waals surface area contributed by atoms with Crippen LogP contribution >= 0.6 is 0 Å². The lowest BCUT2D eigenvalue weighted by Gasteiger charge is -2.39. The number of nitrogens with two attached hydrogens (primary N) is 1. The highest BCUT2D eigenvalue weighted by Gasteiger charge is 2.48. The molecule has 3 aromatic heterocycles. The van der Waals surface area contributed by atoms with Gasteiger partial charge in [0.05, 0.1) is 26.0 Å². The van der Waals surface area contributed by atoms with Gasteiger partial charge in [0.2, 0.25) is 21.8 Å². The number of methoxy groups -OCH3 is 2. The SMILES string of the molecule is C.COC(=O)C(C(=O)C(C)C)C(c1ccc(C)cc1)C1CCCN(B(C)O)C1=O.COC(=O)C(C(=O)C(C)C)C(c1ccc(C)cc1)C1CCCNC1=O.Cc1c(C(C)C)nc(N)c(C=O)c1-c1ccc(F)cc1.Cc1c(C(C)C)nc2c(c1-c1ccc(F)cc1)CCCN2.Cc1c(C(C)C)nc2c(c1-c1ccc(F)cc1)CCCN2S(C)(=O)=O. The highest BCUT2D eigenvalue weighted by Crippen LogP contribution is 2.45. The van der Waals surface area contributed by atoms with E-state index in [-0.39, 0.29) is 77.7 Å². The normalized spacial score (nSPS) is 16.0. The van der Waals surface area contributed by atoms with Crippen LogP contribution in [0.5, 0.6) is 0 Å². The fourth-order valence-electron chi connectivity index (χ4n) is 16.7. The molecule has 0 saturated carbocycles. The summed E-state index contributed by atoms with van der Waals surface area (Å²) in [6, 6.07) is 34.5. The van der Waals surface area contributed by atoms with Crippen LogP contribution in [0.1, 0.15) is 222 Å². The molecule has 2 saturated heterocycles. The number of hydrogen-bond donors (Lipinski definition) is 4. The van der Waals surface area contributed by atoms with E-state index in [1.807, 2.05) is 116 Å². The number of nitrogens with zero attached hydrogens (tertiary/aromatic N) is 5. The van der Waals surface area contributed by atoms with Crippen molar-refractivity contribution in [2.24, 2.45) is 35.5 Å². The Morgan fingerprint density at radius 3 is 1.37 bits per heavy atom. The maximum Gasteiger partial charge on any atom is 0.411 e. The number of amides is 2. The van der Waals surface area contributed by atoms with E-state index in [1.54, 1.807) is 58.8 Å². The number of benzene rings is 5. The number of halogens is 3. The van der Waals surface area contributed by atoms with E-state index in [1.165, 1.54) is 82.7 Å². The van der Waals surface area contributed by atoms with Crippen LogP contribution in [0.2, 0.25) is 6.82 Å². The number of ether oxygens (including phenoxy) is 2. The number of rotatable bonds is 21. The predicted molar refractivity (Wildman–Crippen MR) is 472 cm³/mol. The number of piperidine rings is 2. The molecule has 0 aliphatic carbocycles.